The molecule has 0 radical (unpaired) electrons. The molecule has 2 N–H and O–H groups in total. The van der Waals surface area contributed by atoms with Crippen molar-refractivity contribution in [2.75, 3.05) is 13.1 Å². The Kier molecular flexibility index (Phi) is 3.73. The number of aromatic nitrogens is 1. The van der Waals surface area contributed by atoms with Crippen LogP contribution in [0.5, 0.6) is 5.75 Å². The van der Waals surface area contributed by atoms with Gasteiger partial charge in [0.25, 0.3) is 5.91 Å². The number of aromatic hydroxyl groups is 1. The molecule has 1 aliphatic heterocycles. The van der Waals surface area contributed by atoms with E-state index in [-0.39, 0.29) is 5.91 Å². The van der Waals surface area contributed by atoms with E-state index in [4.69, 9.17) is 0 Å². The minimum atomic E-state index is 0.0790. The summed E-state index contributed by atoms with van der Waals surface area (Å²) in [5.41, 5.74) is 2.91. The lowest BCUT2D eigenvalue weighted by Gasteiger charge is -2.32. The molecule has 0 spiro atoms. The van der Waals surface area contributed by atoms with Crippen LogP contribution in [0, 0.1) is 0 Å². The highest BCUT2D eigenvalue weighted by Crippen LogP contribution is 2.29. The molecule has 4 nitrogen and oxygen atoms in total. The molecule has 4 heteroatoms. The maximum absolute atomic E-state index is 12.7. The number of phenolic OH excluding ortho intramolecular Hbond substituents is 1. The molecule has 4 rings (SSSR count). The van der Waals surface area contributed by atoms with Crippen LogP contribution in [0.4, 0.5) is 0 Å². The summed E-state index contributed by atoms with van der Waals surface area (Å²) in [4.78, 5) is 17.9. The fraction of sp³-hybridized carbons (Fsp3) is 0.250. The van der Waals surface area contributed by atoms with Gasteiger partial charge in [0.15, 0.2) is 0 Å². The standard InChI is InChI=1S/C20H20N2O2/c23-17-7-5-14(6-8-17)15-9-11-22(12-10-15)20(24)19-13-16-3-1-2-4-18(16)21-19/h1-8,13,15,21,23H,9-12H2. The van der Waals surface area contributed by atoms with Gasteiger partial charge in [0.05, 0.1) is 0 Å². The smallest absolute Gasteiger partial charge is 0.270 e. The quantitative estimate of drug-likeness (QED) is 0.752. The second-order valence-corrected chi connectivity index (χ2v) is 6.43. The van der Waals surface area contributed by atoms with Gasteiger partial charge in [-0.1, -0.05) is 30.3 Å². The number of amides is 1. The molecule has 122 valence electrons. The highest BCUT2D eigenvalue weighted by atomic mass is 16.3. The van der Waals surface area contributed by atoms with Crippen molar-refractivity contribution in [3.8, 4) is 5.75 Å². The Bertz CT molecular complexity index is 826. The maximum atomic E-state index is 12.7. The van der Waals surface area contributed by atoms with Crippen LogP contribution in [-0.4, -0.2) is 34.0 Å². The summed E-state index contributed by atoms with van der Waals surface area (Å²) in [7, 11) is 0. The molecule has 0 saturated carbocycles. The Morgan fingerprint density at radius 1 is 1.04 bits per heavy atom. The van der Waals surface area contributed by atoms with E-state index >= 15 is 0 Å². The van der Waals surface area contributed by atoms with Crippen molar-refractivity contribution in [3.05, 3.63) is 65.9 Å². The van der Waals surface area contributed by atoms with Crippen molar-refractivity contribution in [3.63, 3.8) is 0 Å². The number of hydrogen-bond acceptors (Lipinski definition) is 2. The minimum Gasteiger partial charge on any atom is -0.508 e. The first kappa shape index (κ1) is 14.8. The molecule has 1 saturated heterocycles. The molecular weight excluding hydrogens is 300 g/mol. The normalized spacial score (nSPS) is 15.8. The van der Waals surface area contributed by atoms with E-state index in [9.17, 15) is 9.90 Å². The molecule has 0 atom stereocenters. The van der Waals surface area contributed by atoms with Crippen molar-refractivity contribution in [1.29, 1.82) is 0 Å². The zero-order chi connectivity index (χ0) is 16.5. The fourth-order valence-corrected chi connectivity index (χ4v) is 3.52. The number of rotatable bonds is 2. The number of aromatic amines is 1. The number of carbonyl (C=O) groups is 1. The monoisotopic (exact) mass is 320 g/mol. The van der Waals surface area contributed by atoms with Crippen molar-refractivity contribution < 1.29 is 9.90 Å². The third-order valence-electron chi connectivity index (χ3n) is 4.91. The summed E-state index contributed by atoms with van der Waals surface area (Å²) in [5, 5.41) is 10.5. The number of nitrogens with one attached hydrogen (secondary N) is 1. The summed E-state index contributed by atoms with van der Waals surface area (Å²) < 4.78 is 0. The summed E-state index contributed by atoms with van der Waals surface area (Å²) in [6, 6.07) is 17.3. The van der Waals surface area contributed by atoms with Crippen LogP contribution in [0.25, 0.3) is 10.9 Å². The lowest BCUT2D eigenvalue weighted by atomic mass is 9.89. The third kappa shape index (κ3) is 2.75. The number of piperidine rings is 1. The van der Waals surface area contributed by atoms with Crippen LogP contribution in [0.15, 0.2) is 54.6 Å². The molecule has 1 amide bonds. The van der Waals surface area contributed by atoms with Gasteiger partial charge in [0.2, 0.25) is 0 Å². The van der Waals surface area contributed by atoms with E-state index in [0.29, 0.717) is 17.4 Å². The van der Waals surface area contributed by atoms with Gasteiger partial charge in [-0.2, -0.15) is 0 Å². The van der Waals surface area contributed by atoms with Gasteiger partial charge in [-0.25, -0.2) is 0 Å². The number of para-hydroxylation sites is 1. The second-order valence-electron chi connectivity index (χ2n) is 6.43. The topological polar surface area (TPSA) is 56.3 Å². The zero-order valence-electron chi connectivity index (χ0n) is 13.4. The highest BCUT2D eigenvalue weighted by molar-refractivity contribution is 5.98. The lowest BCUT2D eigenvalue weighted by Crippen LogP contribution is -2.38. The Balaban J connectivity index is 1.45. The number of benzene rings is 2. The van der Waals surface area contributed by atoms with E-state index in [1.54, 1.807) is 12.1 Å². The molecule has 2 aromatic carbocycles. The summed E-state index contributed by atoms with van der Waals surface area (Å²) in [6.45, 7) is 1.53. The maximum Gasteiger partial charge on any atom is 0.270 e. The largest absolute Gasteiger partial charge is 0.508 e. The van der Waals surface area contributed by atoms with Crippen molar-refractivity contribution in [1.82, 2.24) is 9.88 Å². The van der Waals surface area contributed by atoms with Gasteiger partial charge in [0, 0.05) is 24.0 Å². The first-order valence-electron chi connectivity index (χ1n) is 8.37. The lowest BCUT2D eigenvalue weighted by molar-refractivity contribution is 0.0708. The van der Waals surface area contributed by atoms with Gasteiger partial charge in [-0.3, -0.25) is 4.79 Å². The Labute approximate surface area is 140 Å². The highest BCUT2D eigenvalue weighted by Gasteiger charge is 2.25. The van der Waals surface area contributed by atoms with Crippen LogP contribution < -0.4 is 0 Å². The van der Waals surface area contributed by atoms with Gasteiger partial charge < -0.3 is 15.0 Å². The predicted octanol–water partition coefficient (Wildman–Crippen LogP) is 3.89. The molecule has 1 aliphatic rings. The summed E-state index contributed by atoms with van der Waals surface area (Å²) in [5.74, 6) is 0.831. The van der Waals surface area contributed by atoms with Gasteiger partial charge in [0.1, 0.15) is 11.4 Å². The molecule has 0 aliphatic carbocycles. The average Bonchev–Trinajstić information content (AvgIpc) is 3.06. The number of fused-ring (bicyclic) bond motifs is 1. The number of H-pyrrole nitrogens is 1. The van der Waals surface area contributed by atoms with Crippen molar-refractivity contribution in [2.24, 2.45) is 0 Å². The molecule has 0 bridgehead atoms. The average molecular weight is 320 g/mol. The first-order valence-corrected chi connectivity index (χ1v) is 8.37. The van der Waals surface area contributed by atoms with E-state index in [1.807, 2.05) is 47.4 Å². The van der Waals surface area contributed by atoms with E-state index in [2.05, 4.69) is 4.98 Å². The molecular formula is C20H20N2O2. The van der Waals surface area contributed by atoms with Crippen LogP contribution in [-0.2, 0) is 0 Å². The second kappa shape index (κ2) is 6.04. The number of hydrogen-bond donors (Lipinski definition) is 2. The molecule has 24 heavy (non-hydrogen) atoms. The van der Waals surface area contributed by atoms with E-state index in [0.717, 1.165) is 36.8 Å². The van der Waals surface area contributed by atoms with Crippen LogP contribution in [0.1, 0.15) is 34.8 Å². The van der Waals surface area contributed by atoms with Crippen LogP contribution >= 0.6 is 0 Å². The number of phenols is 1. The molecule has 3 aromatic rings. The Hall–Kier alpha value is -2.75. The SMILES string of the molecule is O=C(c1cc2ccccc2[nH]1)N1CCC(c2ccc(O)cc2)CC1. The fourth-order valence-electron chi connectivity index (χ4n) is 3.52. The molecule has 2 heterocycles. The Morgan fingerprint density at radius 2 is 1.75 bits per heavy atom. The third-order valence-corrected chi connectivity index (χ3v) is 4.91. The van der Waals surface area contributed by atoms with Crippen molar-refractivity contribution in [2.45, 2.75) is 18.8 Å². The summed E-state index contributed by atoms with van der Waals surface area (Å²) in [6.07, 6.45) is 1.91. The molecule has 1 aromatic heterocycles. The molecule has 0 unspecified atom stereocenters. The van der Waals surface area contributed by atoms with Gasteiger partial charge in [-0.05, 0) is 48.6 Å². The van der Waals surface area contributed by atoms with Crippen LogP contribution in [0.2, 0.25) is 0 Å². The van der Waals surface area contributed by atoms with Crippen molar-refractivity contribution >= 4 is 16.8 Å². The summed E-state index contributed by atoms with van der Waals surface area (Å²) >= 11 is 0. The Morgan fingerprint density at radius 3 is 2.46 bits per heavy atom. The van der Waals surface area contributed by atoms with Crippen LogP contribution in [0.3, 0.4) is 0 Å². The number of nitrogens with zero attached hydrogens (tertiary/aromatic N) is 1. The number of carbonyl (C=O) groups excluding carboxylic acids is 1. The predicted molar refractivity (Wildman–Crippen MR) is 94.3 cm³/mol. The molecule has 1 fully saturated rings. The van der Waals surface area contributed by atoms with E-state index < -0.39 is 0 Å². The van der Waals surface area contributed by atoms with Gasteiger partial charge in [-0.15, -0.1) is 0 Å². The number of likely N-dealkylation sites (tertiary alicyclic amines) is 1. The first-order chi connectivity index (χ1) is 11.7. The van der Waals surface area contributed by atoms with Gasteiger partial charge >= 0.3 is 0 Å². The zero-order valence-corrected chi connectivity index (χ0v) is 13.4. The minimum absolute atomic E-state index is 0.0790. The van der Waals surface area contributed by atoms with E-state index in [1.165, 1.54) is 5.56 Å².